The van der Waals surface area contributed by atoms with Crippen LogP contribution in [0.15, 0.2) is 36.7 Å². The Hall–Kier alpha value is -3.29. The number of nitrogens with zero attached hydrogens (tertiary/aromatic N) is 1. The fraction of sp³-hybridized carbons (Fsp3) is 0.536. The smallest absolute Gasteiger partial charge is 0.374 e. The van der Waals surface area contributed by atoms with Crippen LogP contribution >= 0.6 is 0 Å². The molecule has 40 heavy (non-hydrogen) atoms. The van der Waals surface area contributed by atoms with Crippen molar-refractivity contribution >= 4 is 22.8 Å². The summed E-state index contributed by atoms with van der Waals surface area (Å²) in [6, 6.07) is 7.67. The number of imidazole rings is 1. The zero-order valence-corrected chi connectivity index (χ0v) is 22.9. The highest BCUT2D eigenvalue weighted by Gasteiger charge is 2.53. The number of hydrogen-bond acceptors (Lipinski definition) is 9. The van der Waals surface area contributed by atoms with Gasteiger partial charge in [-0.2, -0.15) is 0 Å². The van der Waals surface area contributed by atoms with Crippen molar-refractivity contribution in [3.63, 3.8) is 0 Å². The molecule has 7 atom stereocenters. The van der Waals surface area contributed by atoms with E-state index in [1.54, 1.807) is 20.0 Å². The van der Waals surface area contributed by atoms with Crippen LogP contribution in [0.3, 0.4) is 0 Å². The second-order valence-electron chi connectivity index (χ2n) is 10.2. The lowest BCUT2D eigenvalue weighted by Crippen LogP contribution is -2.66. The molecule has 7 unspecified atom stereocenters. The quantitative estimate of drug-likeness (QED) is 0.142. The Balaban J connectivity index is 1.49. The number of aromatic amines is 2. The molecule has 4 rings (SSSR count). The second kappa shape index (κ2) is 13.4. The van der Waals surface area contributed by atoms with Gasteiger partial charge in [0.2, 0.25) is 11.7 Å². The Morgan fingerprint density at radius 2 is 1.80 bits per heavy atom. The Morgan fingerprint density at radius 3 is 2.52 bits per heavy atom. The molecule has 0 radical (unpaired) electrons. The maximum atomic E-state index is 12.8. The summed E-state index contributed by atoms with van der Waals surface area (Å²) < 4.78 is 17.7. The predicted octanol–water partition coefficient (Wildman–Crippen LogP) is 1.66. The average molecular weight is 559 g/mol. The van der Waals surface area contributed by atoms with Crippen molar-refractivity contribution < 1.29 is 39.1 Å². The van der Waals surface area contributed by atoms with Crippen molar-refractivity contribution in [3.8, 4) is 0 Å². The number of aromatic nitrogens is 3. The van der Waals surface area contributed by atoms with Crippen molar-refractivity contribution in [2.24, 2.45) is 0 Å². The SMILES string of the molecule is CC(=O)NCCCCCOC1C(O)C(O)C(OC(=O)c2ncc(C)[nH]2)C(OC(C)c2c[nH]c3ccccc23)C1O. The number of unbranched alkanes of at least 4 members (excludes halogenated alkanes) is 2. The lowest BCUT2D eigenvalue weighted by molar-refractivity contribution is -0.253. The first-order valence-corrected chi connectivity index (χ1v) is 13.5. The first-order valence-electron chi connectivity index (χ1n) is 13.5. The van der Waals surface area contributed by atoms with E-state index in [0.29, 0.717) is 18.7 Å². The van der Waals surface area contributed by atoms with Crippen molar-refractivity contribution in [2.45, 2.75) is 82.8 Å². The lowest BCUT2D eigenvalue weighted by Gasteiger charge is -2.45. The number of fused-ring (bicyclic) bond motifs is 1. The molecule has 0 bridgehead atoms. The number of carbonyl (C=O) groups excluding carboxylic acids is 2. The van der Waals surface area contributed by atoms with Gasteiger partial charge in [-0.1, -0.05) is 18.2 Å². The van der Waals surface area contributed by atoms with Crippen LogP contribution in [-0.4, -0.2) is 91.9 Å². The molecule has 1 aliphatic carbocycles. The highest BCUT2D eigenvalue weighted by Crippen LogP contribution is 2.34. The number of amides is 1. The maximum absolute atomic E-state index is 12.8. The van der Waals surface area contributed by atoms with E-state index >= 15 is 0 Å². The van der Waals surface area contributed by atoms with Crippen LogP contribution in [0.4, 0.5) is 0 Å². The first-order chi connectivity index (χ1) is 19.2. The number of hydrogen-bond donors (Lipinski definition) is 6. The summed E-state index contributed by atoms with van der Waals surface area (Å²) in [7, 11) is 0. The molecule has 1 fully saturated rings. The van der Waals surface area contributed by atoms with E-state index in [1.807, 2.05) is 24.3 Å². The van der Waals surface area contributed by atoms with Gasteiger partial charge in [0.05, 0.1) is 6.10 Å². The van der Waals surface area contributed by atoms with Crippen LogP contribution < -0.4 is 5.32 Å². The minimum atomic E-state index is -1.60. The van der Waals surface area contributed by atoms with Gasteiger partial charge in [-0.25, -0.2) is 9.78 Å². The third-order valence-corrected chi connectivity index (χ3v) is 7.09. The van der Waals surface area contributed by atoms with Gasteiger partial charge in [0.25, 0.3) is 0 Å². The number of aliphatic hydroxyl groups excluding tert-OH is 3. The normalized spacial score (nSPS) is 25.6. The van der Waals surface area contributed by atoms with E-state index in [2.05, 4.69) is 20.3 Å². The van der Waals surface area contributed by atoms with Gasteiger partial charge in [-0.05, 0) is 39.2 Å². The van der Waals surface area contributed by atoms with E-state index in [-0.39, 0.29) is 18.3 Å². The Labute approximate surface area is 232 Å². The molecule has 12 heteroatoms. The standard InChI is InChI=1S/C28H38N4O8/c1-15-13-31-27(32-15)28(37)40-25-22(35)21(34)24(38-12-8-4-7-11-29-17(3)33)23(36)26(25)39-16(2)19-14-30-20-10-6-5-9-18(19)20/h5-6,9-10,13-14,16,21-26,30,34-36H,4,7-8,11-12H2,1-3H3,(H,29,33)(H,31,32). The first kappa shape index (κ1) is 29.7. The largest absolute Gasteiger partial charge is 0.451 e. The second-order valence-corrected chi connectivity index (χ2v) is 10.2. The number of benzene rings is 1. The van der Waals surface area contributed by atoms with E-state index in [1.165, 1.54) is 13.1 Å². The molecule has 2 heterocycles. The van der Waals surface area contributed by atoms with Crippen molar-refractivity contribution in [3.05, 3.63) is 53.7 Å². The molecular formula is C28H38N4O8. The molecule has 2 aromatic heterocycles. The molecule has 1 aromatic carbocycles. The van der Waals surface area contributed by atoms with E-state index in [9.17, 15) is 24.9 Å². The van der Waals surface area contributed by atoms with E-state index in [0.717, 1.165) is 29.3 Å². The summed E-state index contributed by atoms with van der Waals surface area (Å²) in [6.07, 6.45) is -3.61. The number of nitrogens with one attached hydrogen (secondary N) is 3. The topological polar surface area (TPSA) is 179 Å². The molecule has 218 valence electrons. The van der Waals surface area contributed by atoms with Gasteiger partial charge in [0, 0.05) is 54.6 Å². The summed E-state index contributed by atoms with van der Waals surface area (Å²) in [5, 5.41) is 36.9. The highest BCUT2D eigenvalue weighted by molar-refractivity contribution is 5.85. The number of aliphatic hydroxyl groups is 3. The summed E-state index contributed by atoms with van der Waals surface area (Å²) >= 11 is 0. The van der Waals surface area contributed by atoms with E-state index in [4.69, 9.17) is 14.2 Å². The number of para-hydroxylation sites is 1. The fourth-order valence-corrected chi connectivity index (χ4v) is 4.98. The number of H-pyrrole nitrogens is 2. The fourth-order valence-electron chi connectivity index (χ4n) is 4.98. The molecule has 6 N–H and O–H groups in total. The van der Waals surface area contributed by atoms with Crippen molar-refractivity contribution in [1.82, 2.24) is 20.3 Å². The third kappa shape index (κ3) is 6.88. The predicted molar refractivity (Wildman–Crippen MR) is 144 cm³/mol. The molecule has 1 aliphatic rings. The Kier molecular flexibility index (Phi) is 9.93. The van der Waals surface area contributed by atoms with Gasteiger partial charge >= 0.3 is 5.97 Å². The summed E-state index contributed by atoms with van der Waals surface area (Å²) in [6.45, 7) is 5.72. The van der Waals surface area contributed by atoms with Gasteiger partial charge in [-0.15, -0.1) is 0 Å². The van der Waals surface area contributed by atoms with Gasteiger partial charge in [0.1, 0.15) is 30.5 Å². The van der Waals surface area contributed by atoms with Crippen LogP contribution in [0.5, 0.6) is 0 Å². The van der Waals surface area contributed by atoms with Crippen LogP contribution in [0.25, 0.3) is 10.9 Å². The summed E-state index contributed by atoms with van der Waals surface area (Å²) in [5.41, 5.74) is 2.36. The van der Waals surface area contributed by atoms with E-state index < -0.39 is 48.7 Å². The zero-order chi connectivity index (χ0) is 28.8. The van der Waals surface area contributed by atoms with Crippen molar-refractivity contribution in [1.29, 1.82) is 0 Å². The van der Waals surface area contributed by atoms with Gasteiger partial charge in [0.15, 0.2) is 6.10 Å². The van der Waals surface area contributed by atoms with Crippen LogP contribution in [-0.2, 0) is 19.0 Å². The molecule has 12 nitrogen and oxygen atoms in total. The summed E-state index contributed by atoms with van der Waals surface area (Å²) in [4.78, 5) is 33.8. The van der Waals surface area contributed by atoms with Crippen LogP contribution in [0.2, 0.25) is 0 Å². The summed E-state index contributed by atoms with van der Waals surface area (Å²) in [5.74, 6) is -1.03. The number of ether oxygens (including phenoxy) is 3. The van der Waals surface area contributed by atoms with Crippen LogP contribution in [0, 0.1) is 6.92 Å². The number of aryl methyl sites for hydroxylation is 1. The molecular weight excluding hydrogens is 520 g/mol. The zero-order valence-electron chi connectivity index (χ0n) is 22.9. The number of esters is 1. The van der Waals surface area contributed by atoms with Crippen molar-refractivity contribution in [2.75, 3.05) is 13.2 Å². The Morgan fingerprint density at radius 1 is 1.05 bits per heavy atom. The molecule has 3 aromatic rings. The average Bonchev–Trinajstić information content (AvgIpc) is 3.56. The van der Waals surface area contributed by atoms with Gasteiger partial charge in [-0.3, -0.25) is 4.79 Å². The maximum Gasteiger partial charge on any atom is 0.374 e. The molecule has 0 saturated heterocycles. The monoisotopic (exact) mass is 558 g/mol. The highest BCUT2D eigenvalue weighted by atomic mass is 16.6. The van der Waals surface area contributed by atoms with Crippen LogP contribution in [0.1, 0.15) is 61.1 Å². The molecule has 1 amide bonds. The van der Waals surface area contributed by atoms with Gasteiger partial charge < -0.3 is 44.8 Å². The molecule has 1 saturated carbocycles. The minimum absolute atomic E-state index is 0.0743. The molecule has 0 spiro atoms. The molecule has 0 aliphatic heterocycles. The minimum Gasteiger partial charge on any atom is -0.451 e. The number of rotatable bonds is 12. The lowest BCUT2D eigenvalue weighted by atomic mass is 9.84. The Bertz CT molecular complexity index is 1280. The number of carbonyl (C=O) groups is 2. The third-order valence-electron chi connectivity index (χ3n) is 7.09.